The van der Waals surface area contributed by atoms with Gasteiger partial charge in [0.25, 0.3) is 0 Å². The summed E-state index contributed by atoms with van der Waals surface area (Å²) in [5.74, 6) is -0.644. The molecule has 0 unspecified atom stereocenters. The topological polar surface area (TPSA) is 35.5 Å². The fourth-order valence-electron chi connectivity index (χ4n) is 6.29. The van der Waals surface area contributed by atoms with Gasteiger partial charge in [-0.1, -0.05) is 97.5 Å². The third-order valence-corrected chi connectivity index (χ3v) is 8.31. The van der Waals surface area contributed by atoms with Gasteiger partial charge in [-0.2, -0.15) is 0 Å². The van der Waals surface area contributed by atoms with Crippen molar-refractivity contribution >= 4 is 17.9 Å². The summed E-state index contributed by atoms with van der Waals surface area (Å²) in [4.78, 5) is 13.8. The van der Waals surface area contributed by atoms with Crippen LogP contribution in [-0.2, 0) is 14.3 Å². The number of rotatable bonds is 4. The monoisotopic (exact) mass is 464 g/mol. The van der Waals surface area contributed by atoms with E-state index < -0.39 is 17.3 Å². The Bertz CT molecular complexity index is 1240. The van der Waals surface area contributed by atoms with E-state index in [1.165, 1.54) is 16.7 Å². The molecular formula is C32H32O3. The molecule has 1 spiro atoms. The molecule has 2 heterocycles. The van der Waals surface area contributed by atoms with Gasteiger partial charge >= 0.3 is 0 Å². The number of ether oxygens (including phenoxy) is 2. The van der Waals surface area contributed by atoms with E-state index in [-0.39, 0.29) is 11.9 Å². The molecule has 3 nitrogen and oxygen atoms in total. The van der Waals surface area contributed by atoms with E-state index >= 15 is 0 Å². The van der Waals surface area contributed by atoms with Crippen molar-refractivity contribution in [1.82, 2.24) is 0 Å². The largest absolute Gasteiger partial charge is 0.337 e. The van der Waals surface area contributed by atoms with Crippen LogP contribution in [0.2, 0.25) is 0 Å². The number of hydrogen-bond acceptors (Lipinski definition) is 3. The molecule has 2 aromatic carbocycles. The van der Waals surface area contributed by atoms with Crippen molar-refractivity contribution in [3.05, 3.63) is 107 Å². The second-order valence-corrected chi connectivity index (χ2v) is 10.4. The predicted molar refractivity (Wildman–Crippen MR) is 139 cm³/mol. The van der Waals surface area contributed by atoms with Crippen molar-refractivity contribution in [1.29, 1.82) is 0 Å². The molecule has 2 aromatic rings. The van der Waals surface area contributed by atoms with Gasteiger partial charge in [0.05, 0.1) is 5.41 Å². The van der Waals surface area contributed by atoms with Crippen molar-refractivity contribution in [2.24, 2.45) is 5.41 Å². The lowest BCUT2D eigenvalue weighted by Crippen LogP contribution is -2.52. The zero-order valence-electron chi connectivity index (χ0n) is 20.3. The molecule has 4 aliphatic rings. The minimum atomic E-state index is -0.835. The Kier molecular flexibility index (Phi) is 5.70. The molecule has 35 heavy (non-hydrogen) atoms. The van der Waals surface area contributed by atoms with E-state index in [2.05, 4.69) is 73.7 Å². The van der Waals surface area contributed by atoms with Crippen LogP contribution in [0.5, 0.6) is 0 Å². The Labute approximate surface area is 207 Å². The molecule has 3 heteroatoms. The van der Waals surface area contributed by atoms with E-state index in [4.69, 9.17) is 9.47 Å². The summed E-state index contributed by atoms with van der Waals surface area (Å²) < 4.78 is 13.6. The molecule has 2 bridgehead atoms. The summed E-state index contributed by atoms with van der Waals surface area (Å²) >= 11 is 0. The zero-order valence-corrected chi connectivity index (χ0v) is 20.3. The van der Waals surface area contributed by atoms with Crippen molar-refractivity contribution in [2.45, 2.75) is 63.4 Å². The van der Waals surface area contributed by atoms with E-state index in [1.807, 2.05) is 24.3 Å². The third kappa shape index (κ3) is 3.78. The molecule has 178 valence electrons. The molecule has 1 saturated heterocycles. The molecule has 3 fully saturated rings. The van der Waals surface area contributed by atoms with Gasteiger partial charge in [-0.05, 0) is 60.5 Å². The minimum absolute atomic E-state index is 0.138. The Hall–Kier alpha value is -3.01. The average molecular weight is 465 g/mol. The van der Waals surface area contributed by atoms with E-state index in [0.717, 1.165) is 49.7 Å². The third-order valence-electron chi connectivity index (χ3n) is 8.31. The summed E-state index contributed by atoms with van der Waals surface area (Å²) in [6.07, 6.45) is 15.5. The SMILES string of the molecule is C[C@@]12CCCC[C@@]13O[C@@H](C2=O)C(/C=C/c1ccccc1)=C1CC/C(=C/C=C/c2ccccc2)[C@@H]1O3. The lowest BCUT2D eigenvalue weighted by molar-refractivity contribution is -0.280. The number of benzene rings is 2. The average Bonchev–Trinajstić information content (AvgIpc) is 3.32. The first-order valence-electron chi connectivity index (χ1n) is 12.9. The number of allylic oxidation sites excluding steroid dienone is 2. The maximum absolute atomic E-state index is 13.8. The van der Waals surface area contributed by atoms with Gasteiger partial charge in [0.2, 0.25) is 0 Å². The molecule has 2 aliphatic heterocycles. The fraction of sp³-hybridized carbons (Fsp3) is 0.344. The Morgan fingerprint density at radius 1 is 0.800 bits per heavy atom. The highest BCUT2D eigenvalue weighted by atomic mass is 16.7. The van der Waals surface area contributed by atoms with Gasteiger partial charge in [-0.3, -0.25) is 4.79 Å². The van der Waals surface area contributed by atoms with Gasteiger partial charge < -0.3 is 9.47 Å². The lowest BCUT2D eigenvalue weighted by atomic mass is 9.67. The highest BCUT2D eigenvalue weighted by Crippen LogP contribution is 2.59. The highest BCUT2D eigenvalue weighted by Gasteiger charge is 2.67. The minimum Gasteiger partial charge on any atom is -0.337 e. The van der Waals surface area contributed by atoms with Crippen LogP contribution in [0.25, 0.3) is 12.2 Å². The number of carbonyl (C=O) groups is 1. The fourth-order valence-corrected chi connectivity index (χ4v) is 6.29. The van der Waals surface area contributed by atoms with Gasteiger partial charge in [0.1, 0.15) is 12.2 Å². The quantitative estimate of drug-likeness (QED) is 0.485. The first kappa shape index (κ1) is 22.5. The molecule has 2 saturated carbocycles. The summed E-state index contributed by atoms with van der Waals surface area (Å²) in [5.41, 5.74) is 5.18. The van der Waals surface area contributed by atoms with Crippen LogP contribution in [0.15, 0.2) is 95.6 Å². The van der Waals surface area contributed by atoms with E-state index in [1.54, 1.807) is 0 Å². The van der Waals surface area contributed by atoms with Crippen molar-refractivity contribution in [3.8, 4) is 0 Å². The van der Waals surface area contributed by atoms with Crippen LogP contribution in [0.3, 0.4) is 0 Å². The number of hydrogen-bond donors (Lipinski definition) is 0. The predicted octanol–water partition coefficient (Wildman–Crippen LogP) is 7.07. The summed E-state index contributed by atoms with van der Waals surface area (Å²) in [6, 6.07) is 20.6. The number of Topliss-reactive ketones (excluding diaryl/α,β-unsaturated/α-hetero) is 1. The number of fused-ring (bicyclic) bond motifs is 2. The van der Waals surface area contributed by atoms with Gasteiger partial charge in [0, 0.05) is 6.42 Å². The molecule has 0 N–H and O–H groups in total. The Balaban J connectivity index is 1.42. The number of carbonyl (C=O) groups excluding carboxylic acids is 1. The maximum atomic E-state index is 13.8. The van der Waals surface area contributed by atoms with Crippen LogP contribution < -0.4 is 0 Å². The normalized spacial score (nSPS) is 33.5. The molecule has 0 aromatic heterocycles. The molecule has 0 amide bonds. The summed E-state index contributed by atoms with van der Waals surface area (Å²) in [7, 11) is 0. The molecular weight excluding hydrogens is 432 g/mol. The van der Waals surface area contributed by atoms with Gasteiger partial charge in [-0.15, -0.1) is 0 Å². The van der Waals surface area contributed by atoms with Gasteiger partial charge in [0.15, 0.2) is 11.6 Å². The van der Waals surface area contributed by atoms with Gasteiger partial charge in [-0.25, -0.2) is 0 Å². The lowest BCUT2D eigenvalue weighted by Gasteiger charge is -2.45. The van der Waals surface area contributed by atoms with E-state index in [9.17, 15) is 4.79 Å². The van der Waals surface area contributed by atoms with Crippen LogP contribution >= 0.6 is 0 Å². The molecule has 4 atom stereocenters. The van der Waals surface area contributed by atoms with Crippen molar-refractivity contribution in [2.75, 3.05) is 0 Å². The summed E-state index contributed by atoms with van der Waals surface area (Å²) in [6.45, 7) is 2.08. The molecule has 0 radical (unpaired) electrons. The second kappa shape index (κ2) is 8.89. The van der Waals surface area contributed by atoms with E-state index in [0.29, 0.717) is 0 Å². The maximum Gasteiger partial charge on any atom is 0.183 e. The standard InChI is InChI=1S/C32H32O3/c1-31-21-8-9-22-32(31)34-28-25(16-10-15-23-11-4-2-5-12-23)18-20-26(28)27(29(35-32)30(31)33)19-17-24-13-6-3-7-14-24/h2-7,10-17,19,28-29H,8-9,18,20-22H2,1H3/b15-10+,19-17+,25-16-/t28-,29+,31-,32+/m0/s1. The highest BCUT2D eigenvalue weighted by molar-refractivity contribution is 5.95. The second-order valence-electron chi connectivity index (χ2n) is 10.4. The van der Waals surface area contributed by atoms with Crippen LogP contribution in [0, 0.1) is 5.41 Å². The number of ketones is 1. The van der Waals surface area contributed by atoms with Crippen molar-refractivity contribution in [3.63, 3.8) is 0 Å². The Morgan fingerprint density at radius 2 is 1.46 bits per heavy atom. The Morgan fingerprint density at radius 3 is 2.20 bits per heavy atom. The zero-order chi connectivity index (χ0) is 23.9. The smallest absolute Gasteiger partial charge is 0.183 e. The van der Waals surface area contributed by atoms with Crippen molar-refractivity contribution < 1.29 is 14.3 Å². The first-order valence-corrected chi connectivity index (χ1v) is 12.9. The molecule has 6 rings (SSSR count). The van der Waals surface area contributed by atoms with Crippen LogP contribution in [0.1, 0.15) is 56.6 Å². The van der Waals surface area contributed by atoms with Crippen LogP contribution in [0.4, 0.5) is 0 Å². The first-order chi connectivity index (χ1) is 17.1. The molecule has 2 aliphatic carbocycles. The summed E-state index contributed by atoms with van der Waals surface area (Å²) in [5, 5.41) is 0. The van der Waals surface area contributed by atoms with Crippen LogP contribution in [-0.4, -0.2) is 23.8 Å².